The molecule has 3 N–H and O–H groups in total. The van der Waals surface area contributed by atoms with Gasteiger partial charge in [-0.05, 0) is 18.6 Å². The van der Waals surface area contributed by atoms with E-state index in [0.29, 0.717) is 10.0 Å². The molecule has 5 heteroatoms. The molecule has 0 spiro atoms. The predicted octanol–water partition coefficient (Wildman–Crippen LogP) is 2.03. The first-order valence-corrected chi connectivity index (χ1v) is 5.57. The van der Waals surface area contributed by atoms with Crippen LogP contribution in [0.2, 0.25) is 0 Å². The average Bonchev–Trinajstić information content (AvgIpc) is 2.24. The number of phenolic OH excluding ortho intramolecular Hbond substituents is 1. The zero-order valence-electron chi connectivity index (χ0n) is 9.16. The Labute approximate surface area is 103 Å². The highest BCUT2D eigenvalue weighted by Crippen LogP contribution is 2.34. The summed E-state index contributed by atoms with van der Waals surface area (Å²) in [4.78, 5) is 11.1. The van der Waals surface area contributed by atoms with Gasteiger partial charge in [0.15, 0.2) is 0 Å². The molecular formula is C11H14BrNO3. The Kier molecular flexibility index (Phi) is 4.32. The molecule has 16 heavy (non-hydrogen) atoms. The first-order valence-electron chi connectivity index (χ1n) is 4.77. The fourth-order valence-electron chi connectivity index (χ4n) is 1.41. The predicted molar refractivity (Wildman–Crippen MR) is 64.1 cm³/mol. The number of aromatic hydroxyl groups is 1. The largest absolute Gasteiger partial charge is 0.507 e. The van der Waals surface area contributed by atoms with Crippen molar-refractivity contribution in [1.82, 2.24) is 0 Å². The minimum Gasteiger partial charge on any atom is -0.507 e. The first-order chi connectivity index (χ1) is 7.47. The van der Waals surface area contributed by atoms with Crippen LogP contribution in [0, 0.1) is 6.92 Å². The van der Waals surface area contributed by atoms with Gasteiger partial charge in [-0.25, -0.2) is 0 Å². The van der Waals surface area contributed by atoms with Gasteiger partial charge in [0.25, 0.3) is 0 Å². The number of methoxy groups -OCH3 is 1. The number of phenols is 1. The smallest absolute Gasteiger partial charge is 0.307 e. The SMILES string of the molecule is COC(=O)C[C@@H](N)c1c(Br)ccc(C)c1O. The van der Waals surface area contributed by atoms with Crippen LogP contribution in [0.15, 0.2) is 16.6 Å². The van der Waals surface area contributed by atoms with E-state index >= 15 is 0 Å². The fraction of sp³-hybridized carbons (Fsp3) is 0.364. The van der Waals surface area contributed by atoms with Gasteiger partial charge >= 0.3 is 5.97 Å². The molecule has 0 amide bonds. The molecule has 1 aromatic carbocycles. The third-order valence-corrected chi connectivity index (χ3v) is 3.04. The lowest BCUT2D eigenvalue weighted by Gasteiger charge is -2.15. The maximum absolute atomic E-state index is 11.1. The number of carbonyl (C=O) groups is 1. The molecule has 0 aliphatic heterocycles. The van der Waals surface area contributed by atoms with E-state index in [4.69, 9.17) is 5.73 Å². The van der Waals surface area contributed by atoms with Crippen LogP contribution < -0.4 is 5.73 Å². The second kappa shape index (κ2) is 5.32. The number of rotatable bonds is 3. The van der Waals surface area contributed by atoms with Crippen molar-refractivity contribution in [3.8, 4) is 5.75 Å². The van der Waals surface area contributed by atoms with Crippen LogP contribution in [0.5, 0.6) is 5.75 Å². The highest BCUT2D eigenvalue weighted by Gasteiger charge is 2.19. The molecule has 0 aromatic heterocycles. The van der Waals surface area contributed by atoms with Crippen LogP contribution in [0.25, 0.3) is 0 Å². The number of benzene rings is 1. The number of esters is 1. The number of hydrogen-bond donors (Lipinski definition) is 2. The Morgan fingerprint density at radius 3 is 2.81 bits per heavy atom. The number of aryl methyl sites for hydroxylation is 1. The van der Waals surface area contributed by atoms with Gasteiger partial charge in [-0.2, -0.15) is 0 Å². The number of nitrogens with two attached hydrogens (primary N) is 1. The van der Waals surface area contributed by atoms with Crippen LogP contribution in [-0.4, -0.2) is 18.2 Å². The summed E-state index contributed by atoms with van der Waals surface area (Å²) in [6.45, 7) is 1.77. The zero-order chi connectivity index (χ0) is 12.3. The lowest BCUT2D eigenvalue weighted by molar-refractivity contribution is -0.141. The van der Waals surface area contributed by atoms with Gasteiger partial charge in [0.1, 0.15) is 5.75 Å². The Hall–Kier alpha value is -1.07. The standard InChI is InChI=1S/C11H14BrNO3/c1-6-3-4-7(12)10(11(6)15)8(13)5-9(14)16-2/h3-4,8,15H,5,13H2,1-2H3/t8-/m1/s1. The second-order valence-electron chi connectivity index (χ2n) is 3.51. The van der Waals surface area contributed by atoms with Gasteiger partial charge < -0.3 is 15.6 Å². The summed E-state index contributed by atoms with van der Waals surface area (Å²) in [5, 5.41) is 9.87. The van der Waals surface area contributed by atoms with Crippen molar-refractivity contribution in [2.75, 3.05) is 7.11 Å². The summed E-state index contributed by atoms with van der Waals surface area (Å²) >= 11 is 3.30. The monoisotopic (exact) mass is 287 g/mol. The maximum Gasteiger partial charge on any atom is 0.307 e. The topological polar surface area (TPSA) is 72.5 Å². The van der Waals surface area contributed by atoms with E-state index in [9.17, 15) is 9.90 Å². The lowest BCUT2D eigenvalue weighted by Crippen LogP contribution is -2.17. The Morgan fingerprint density at radius 1 is 1.62 bits per heavy atom. The van der Waals surface area contributed by atoms with Gasteiger partial charge in [-0.3, -0.25) is 4.79 Å². The summed E-state index contributed by atoms with van der Waals surface area (Å²) < 4.78 is 5.22. The summed E-state index contributed by atoms with van der Waals surface area (Å²) in [5.41, 5.74) is 7.10. The van der Waals surface area contributed by atoms with Crippen LogP contribution in [0.3, 0.4) is 0 Å². The van der Waals surface area contributed by atoms with Gasteiger partial charge in [0.05, 0.1) is 13.5 Å². The molecule has 0 fully saturated rings. The van der Waals surface area contributed by atoms with Crippen molar-refractivity contribution in [2.24, 2.45) is 5.73 Å². The number of carbonyl (C=O) groups excluding carboxylic acids is 1. The minimum absolute atomic E-state index is 0.0338. The third-order valence-electron chi connectivity index (χ3n) is 2.35. The maximum atomic E-state index is 11.1. The molecule has 0 saturated carbocycles. The van der Waals surface area contributed by atoms with Crippen LogP contribution in [-0.2, 0) is 9.53 Å². The molecule has 0 aliphatic carbocycles. The molecule has 0 aliphatic rings. The molecule has 4 nitrogen and oxygen atoms in total. The van der Waals surface area contributed by atoms with E-state index in [1.165, 1.54) is 7.11 Å². The van der Waals surface area contributed by atoms with E-state index in [1.54, 1.807) is 19.1 Å². The number of ether oxygens (including phenoxy) is 1. The third kappa shape index (κ3) is 2.74. The Bertz CT molecular complexity index is 406. The molecule has 0 unspecified atom stereocenters. The van der Waals surface area contributed by atoms with Crippen molar-refractivity contribution in [2.45, 2.75) is 19.4 Å². The van der Waals surface area contributed by atoms with Gasteiger partial charge in [0, 0.05) is 16.1 Å². The molecule has 0 heterocycles. The number of hydrogen-bond acceptors (Lipinski definition) is 4. The van der Waals surface area contributed by atoms with Crippen molar-refractivity contribution in [3.05, 3.63) is 27.7 Å². The van der Waals surface area contributed by atoms with E-state index in [1.807, 2.05) is 0 Å². The van der Waals surface area contributed by atoms with E-state index in [0.717, 1.165) is 5.56 Å². The molecule has 1 aromatic rings. The molecule has 88 valence electrons. The van der Waals surface area contributed by atoms with Crippen LogP contribution >= 0.6 is 15.9 Å². The van der Waals surface area contributed by atoms with E-state index in [2.05, 4.69) is 20.7 Å². The number of halogens is 1. The van der Waals surface area contributed by atoms with Crippen LogP contribution in [0.4, 0.5) is 0 Å². The van der Waals surface area contributed by atoms with E-state index < -0.39 is 12.0 Å². The highest BCUT2D eigenvalue weighted by atomic mass is 79.9. The average molecular weight is 288 g/mol. The summed E-state index contributed by atoms with van der Waals surface area (Å²) in [7, 11) is 1.31. The van der Waals surface area contributed by atoms with Crippen LogP contribution in [0.1, 0.15) is 23.6 Å². The summed E-state index contributed by atoms with van der Waals surface area (Å²) in [5.74, 6) is -0.286. The van der Waals surface area contributed by atoms with Gasteiger partial charge in [-0.1, -0.05) is 22.0 Å². The van der Waals surface area contributed by atoms with Crippen molar-refractivity contribution in [1.29, 1.82) is 0 Å². The normalized spacial score (nSPS) is 12.2. The lowest BCUT2D eigenvalue weighted by atomic mass is 10.0. The highest BCUT2D eigenvalue weighted by molar-refractivity contribution is 9.10. The van der Waals surface area contributed by atoms with Gasteiger partial charge in [-0.15, -0.1) is 0 Å². The van der Waals surface area contributed by atoms with E-state index in [-0.39, 0.29) is 12.2 Å². The summed E-state index contributed by atoms with van der Waals surface area (Å²) in [6.07, 6.45) is 0.0338. The molecule has 0 saturated heterocycles. The van der Waals surface area contributed by atoms with Crippen molar-refractivity contribution in [3.63, 3.8) is 0 Å². The first kappa shape index (κ1) is 13.0. The zero-order valence-corrected chi connectivity index (χ0v) is 10.7. The second-order valence-corrected chi connectivity index (χ2v) is 4.37. The Balaban J connectivity index is 3.03. The molecule has 1 rings (SSSR count). The van der Waals surface area contributed by atoms with Crippen molar-refractivity contribution < 1.29 is 14.6 Å². The quantitative estimate of drug-likeness (QED) is 0.835. The van der Waals surface area contributed by atoms with Gasteiger partial charge in [0.2, 0.25) is 0 Å². The fourth-order valence-corrected chi connectivity index (χ4v) is 2.02. The molecule has 1 atom stereocenters. The minimum atomic E-state index is -0.582. The molecular weight excluding hydrogens is 274 g/mol. The van der Waals surface area contributed by atoms with Crippen molar-refractivity contribution >= 4 is 21.9 Å². The molecule has 0 radical (unpaired) electrons. The molecule has 0 bridgehead atoms. The summed E-state index contributed by atoms with van der Waals surface area (Å²) in [6, 6.07) is 2.98. The Morgan fingerprint density at radius 2 is 2.25 bits per heavy atom.